The second kappa shape index (κ2) is 12.4. The van der Waals surface area contributed by atoms with Gasteiger partial charge in [0.15, 0.2) is 5.82 Å². The van der Waals surface area contributed by atoms with Crippen molar-refractivity contribution in [3.8, 4) is 11.7 Å². The van der Waals surface area contributed by atoms with Crippen molar-refractivity contribution >= 4 is 43.7 Å². The maximum atomic E-state index is 14.1. The number of rotatable bonds is 10. The van der Waals surface area contributed by atoms with Gasteiger partial charge in [0.1, 0.15) is 18.5 Å². The van der Waals surface area contributed by atoms with Crippen molar-refractivity contribution in [3.63, 3.8) is 0 Å². The third-order valence-electron chi connectivity index (χ3n) is 3.63. The van der Waals surface area contributed by atoms with Gasteiger partial charge in [0.05, 0.1) is 10.6 Å². The van der Waals surface area contributed by atoms with E-state index in [1.54, 1.807) is 24.7 Å². The normalized spacial score (nSPS) is 11.6. The van der Waals surface area contributed by atoms with Crippen molar-refractivity contribution in [3.05, 3.63) is 27.6 Å². The average Bonchev–Trinajstić information content (AvgIpc) is 3.24. The molecule has 0 spiro atoms. The summed E-state index contributed by atoms with van der Waals surface area (Å²) in [5.74, 6) is 0.529. The fourth-order valence-corrected chi connectivity index (χ4v) is 3.69. The van der Waals surface area contributed by atoms with E-state index in [4.69, 9.17) is 9.39 Å². The third kappa shape index (κ3) is 6.84. The van der Waals surface area contributed by atoms with Crippen LogP contribution in [0.5, 0.6) is 5.88 Å². The summed E-state index contributed by atoms with van der Waals surface area (Å²) in [6, 6.07) is 1.76. The number of nitro groups is 1. The van der Waals surface area contributed by atoms with Crippen LogP contribution in [0.25, 0.3) is 5.82 Å². The fraction of sp³-hybridized carbons (Fsp3) is 0.625. The van der Waals surface area contributed by atoms with Crippen molar-refractivity contribution in [1.29, 1.82) is 0 Å². The summed E-state index contributed by atoms with van der Waals surface area (Å²) < 4.78 is 27.3. The molecule has 162 valence electrons. The van der Waals surface area contributed by atoms with Crippen molar-refractivity contribution in [2.45, 2.75) is 40.3 Å². The lowest BCUT2D eigenvalue weighted by Crippen LogP contribution is -2.18. The molecule has 2 aromatic rings. The minimum Gasteiger partial charge on any atom is -0.469 e. The molecule has 0 aromatic carbocycles. The van der Waals surface area contributed by atoms with E-state index in [0.717, 1.165) is 5.69 Å². The lowest BCUT2D eigenvalue weighted by atomic mass is 10.3. The Hall–Kier alpha value is -1.35. The van der Waals surface area contributed by atoms with Gasteiger partial charge in [-0.1, -0.05) is 43.1 Å². The molecule has 29 heavy (non-hydrogen) atoms. The van der Waals surface area contributed by atoms with E-state index in [1.165, 1.54) is 23.4 Å². The number of alkyl halides is 1. The van der Waals surface area contributed by atoms with Crippen molar-refractivity contribution in [2.75, 3.05) is 19.5 Å². The summed E-state index contributed by atoms with van der Waals surface area (Å²) in [7, 11) is 3.26. The van der Waals surface area contributed by atoms with Gasteiger partial charge < -0.3 is 9.39 Å². The Kier molecular flexibility index (Phi) is 11.0. The van der Waals surface area contributed by atoms with E-state index in [-0.39, 0.29) is 28.0 Å². The van der Waals surface area contributed by atoms with Gasteiger partial charge in [-0.3, -0.25) is 14.8 Å². The van der Waals surface area contributed by atoms with Crippen LogP contribution in [0.15, 0.2) is 6.07 Å². The molecule has 0 saturated heterocycles. The van der Waals surface area contributed by atoms with Crippen LogP contribution in [-0.4, -0.2) is 54.2 Å². The second-order valence-electron chi connectivity index (χ2n) is 5.64. The number of aromatic nitrogens is 4. The van der Waals surface area contributed by atoms with E-state index in [1.807, 2.05) is 43.1 Å². The molecule has 2 heterocycles. The summed E-state index contributed by atoms with van der Waals surface area (Å²) in [5.41, 5.74) is 0.872. The Bertz CT molecular complexity index is 807. The van der Waals surface area contributed by atoms with Crippen molar-refractivity contribution in [2.24, 2.45) is 7.05 Å². The zero-order valence-electron chi connectivity index (χ0n) is 17.4. The van der Waals surface area contributed by atoms with E-state index in [9.17, 15) is 14.5 Å². The zero-order chi connectivity index (χ0) is 22.1. The molecule has 0 fully saturated rings. The lowest BCUT2D eigenvalue weighted by Gasteiger charge is -2.09. The fourth-order valence-electron chi connectivity index (χ4n) is 2.47. The molecule has 0 bridgehead atoms. The van der Waals surface area contributed by atoms with Crippen LogP contribution in [0.4, 0.5) is 10.1 Å². The summed E-state index contributed by atoms with van der Waals surface area (Å²) >= 11 is 3.32. The molecule has 13 heteroatoms. The van der Waals surface area contributed by atoms with Gasteiger partial charge in [-0.25, -0.2) is 9.07 Å². The molecule has 0 aliphatic rings. The minimum atomic E-state index is -1.31. The Morgan fingerprint density at radius 1 is 1.45 bits per heavy atom. The molecule has 9 nitrogen and oxygen atoms in total. The maximum Gasteiger partial charge on any atom is 0.435 e. The smallest absolute Gasteiger partial charge is 0.435 e. The van der Waals surface area contributed by atoms with Crippen LogP contribution in [0, 0.1) is 17.0 Å². The summed E-state index contributed by atoms with van der Waals surface area (Å²) in [4.78, 5) is 11.0. The number of aryl methyl sites for hydroxylation is 2. The van der Waals surface area contributed by atoms with Crippen LogP contribution >= 0.6 is 34.0 Å². The van der Waals surface area contributed by atoms with Crippen LogP contribution in [0.1, 0.15) is 32.2 Å². The first kappa shape index (κ1) is 25.7. The molecule has 0 N–H and O–H groups in total. The van der Waals surface area contributed by atoms with E-state index in [2.05, 4.69) is 10.2 Å². The summed E-state index contributed by atoms with van der Waals surface area (Å²) in [5, 5.41) is 20.0. The Morgan fingerprint density at radius 2 is 2.10 bits per heavy atom. The van der Waals surface area contributed by atoms with Gasteiger partial charge in [-0.05, 0) is 13.3 Å². The molecule has 0 saturated carbocycles. The first-order valence-corrected chi connectivity index (χ1v) is 11.4. The quantitative estimate of drug-likeness (QED) is 0.195. The highest BCUT2D eigenvalue weighted by molar-refractivity contribution is 14.1. The summed E-state index contributed by atoms with van der Waals surface area (Å²) in [6.07, 6.45) is -0.952. The van der Waals surface area contributed by atoms with Crippen molar-refractivity contribution < 1.29 is 18.7 Å². The highest BCUT2D eigenvalue weighted by atomic mass is 127. The number of ether oxygens (including phenoxy) is 1. The predicted molar refractivity (Wildman–Crippen MR) is 122 cm³/mol. The first-order chi connectivity index (χ1) is 13.8. The van der Waals surface area contributed by atoms with Gasteiger partial charge >= 0.3 is 15.6 Å². The third-order valence-corrected chi connectivity index (χ3v) is 6.22. The molecule has 0 radical (unpaired) electrons. The van der Waals surface area contributed by atoms with E-state index < -0.39 is 11.1 Å². The number of hydrogen-bond acceptors (Lipinski definition) is 7. The zero-order valence-corrected chi connectivity index (χ0v) is 20.4. The monoisotopic (exact) mass is 541 g/mol. The SMILES string of the molecule is CC.CCc1c([N+](=O)[O-])c(OCC(F)CSB(I)OC)nn1-c1cc(C)nn1C. The Labute approximate surface area is 187 Å². The highest BCUT2D eigenvalue weighted by Crippen LogP contribution is 2.33. The molecule has 0 amide bonds. The molecule has 0 aliphatic carbocycles. The Balaban J connectivity index is 0.00000204. The first-order valence-electron chi connectivity index (χ1n) is 9.11. The lowest BCUT2D eigenvalue weighted by molar-refractivity contribution is -0.386. The summed E-state index contributed by atoms with van der Waals surface area (Å²) in [6.45, 7) is 7.27. The number of nitrogens with zero attached hydrogens (tertiary/aromatic N) is 5. The van der Waals surface area contributed by atoms with Gasteiger partial charge in [-0.2, -0.15) is 16.7 Å². The molecule has 1 unspecified atom stereocenters. The van der Waals surface area contributed by atoms with Crippen LogP contribution in [0.2, 0.25) is 0 Å². The molecule has 2 rings (SSSR count). The second-order valence-corrected chi connectivity index (χ2v) is 8.71. The van der Waals surface area contributed by atoms with Crippen LogP contribution in [0.3, 0.4) is 0 Å². The molecule has 1 atom stereocenters. The van der Waals surface area contributed by atoms with Crippen molar-refractivity contribution in [1.82, 2.24) is 19.6 Å². The largest absolute Gasteiger partial charge is 0.469 e. The topological polar surface area (TPSA) is 97.2 Å². The minimum absolute atomic E-state index is 0.150. The van der Waals surface area contributed by atoms with E-state index in [0.29, 0.717) is 17.9 Å². The number of halogens is 2. The van der Waals surface area contributed by atoms with Gasteiger partial charge in [0, 0.05) is 26.0 Å². The predicted octanol–water partition coefficient (Wildman–Crippen LogP) is 3.93. The highest BCUT2D eigenvalue weighted by Gasteiger charge is 2.30. The molecular formula is C16H26BFIN5O4S. The maximum absolute atomic E-state index is 14.1. The molecular weight excluding hydrogens is 515 g/mol. The Morgan fingerprint density at radius 3 is 2.59 bits per heavy atom. The van der Waals surface area contributed by atoms with Crippen LogP contribution < -0.4 is 4.74 Å². The van der Waals surface area contributed by atoms with Crippen LogP contribution in [-0.2, 0) is 18.1 Å². The molecule has 0 aliphatic heterocycles. The van der Waals surface area contributed by atoms with E-state index >= 15 is 0 Å². The molecule has 2 aromatic heterocycles. The standard InChI is InChI=1S/C14H20BFIN5O4S.C2H6/c1-5-11-13(22(23)24)14(26-7-10(16)8-27-15(17)25-4)19-21(11)12-6-9(2)18-20(12)3;1-2/h6,10H,5,7-8H2,1-4H3;1-2H3. The number of hydrogen-bond donors (Lipinski definition) is 0. The average molecular weight is 541 g/mol. The van der Waals surface area contributed by atoms with Gasteiger partial charge in [0.25, 0.3) is 0 Å². The van der Waals surface area contributed by atoms with Gasteiger partial charge in [-0.15, -0.1) is 5.10 Å². The van der Waals surface area contributed by atoms with Gasteiger partial charge in [0.2, 0.25) is 0 Å².